The molecular formula is C35H44O4. The van der Waals surface area contributed by atoms with Gasteiger partial charge in [-0.2, -0.15) is 0 Å². The van der Waals surface area contributed by atoms with E-state index in [2.05, 4.69) is 38.1 Å². The average molecular weight is 529 g/mol. The molecule has 2 N–H and O–H groups in total. The lowest BCUT2D eigenvalue weighted by Gasteiger charge is -2.29. The lowest BCUT2D eigenvalue weighted by Crippen LogP contribution is -2.12. The zero-order valence-electron chi connectivity index (χ0n) is 24.1. The fraction of sp³-hybridized carbons (Fsp3) is 0.486. The third-order valence-electron chi connectivity index (χ3n) is 9.28. The van der Waals surface area contributed by atoms with Gasteiger partial charge in [0.2, 0.25) is 0 Å². The van der Waals surface area contributed by atoms with Gasteiger partial charge in [-0.25, -0.2) is 0 Å². The summed E-state index contributed by atoms with van der Waals surface area (Å²) in [6.45, 7) is 4.20. The van der Waals surface area contributed by atoms with Crippen LogP contribution in [0.25, 0.3) is 0 Å². The summed E-state index contributed by atoms with van der Waals surface area (Å²) < 4.78 is 11.3. The molecule has 0 saturated heterocycles. The highest BCUT2D eigenvalue weighted by Gasteiger charge is 2.28. The molecule has 0 amide bonds. The Balaban J connectivity index is 1.71. The van der Waals surface area contributed by atoms with E-state index < -0.39 is 0 Å². The Morgan fingerprint density at radius 3 is 1.51 bits per heavy atom. The summed E-state index contributed by atoms with van der Waals surface area (Å²) in [5.74, 6) is 2.95. The van der Waals surface area contributed by atoms with Crippen LogP contribution in [0.1, 0.15) is 121 Å². The third kappa shape index (κ3) is 5.62. The van der Waals surface area contributed by atoms with Crippen LogP contribution < -0.4 is 9.47 Å². The number of ether oxygens (including phenoxy) is 2. The summed E-state index contributed by atoms with van der Waals surface area (Å²) >= 11 is 0. The van der Waals surface area contributed by atoms with Gasteiger partial charge in [0.15, 0.2) is 11.5 Å². The summed E-state index contributed by atoms with van der Waals surface area (Å²) in [6, 6.07) is 14.7. The number of phenols is 2. The van der Waals surface area contributed by atoms with Gasteiger partial charge in [-0.15, -0.1) is 0 Å². The first-order valence-electron chi connectivity index (χ1n) is 14.8. The van der Waals surface area contributed by atoms with Crippen LogP contribution in [-0.4, -0.2) is 24.4 Å². The maximum absolute atomic E-state index is 11.1. The van der Waals surface area contributed by atoms with E-state index in [1.807, 2.05) is 18.2 Å². The number of methoxy groups -OCH3 is 2. The Labute approximate surface area is 234 Å². The molecule has 0 heterocycles. The van der Waals surface area contributed by atoms with E-state index in [0.29, 0.717) is 34.8 Å². The molecule has 4 heteroatoms. The highest BCUT2D eigenvalue weighted by Crippen LogP contribution is 2.46. The van der Waals surface area contributed by atoms with E-state index in [1.54, 1.807) is 14.2 Å². The summed E-state index contributed by atoms with van der Waals surface area (Å²) in [6.07, 6.45) is 11.9. The smallest absolute Gasteiger partial charge is 0.161 e. The van der Waals surface area contributed by atoms with Gasteiger partial charge >= 0.3 is 0 Å². The van der Waals surface area contributed by atoms with Gasteiger partial charge < -0.3 is 19.7 Å². The molecule has 39 heavy (non-hydrogen) atoms. The molecule has 0 bridgehead atoms. The summed E-state index contributed by atoms with van der Waals surface area (Å²) in [5.41, 5.74) is 7.79. The molecule has 0 atom stereocenters. The Kier molecular flexibility index (Phi) is 8.40. The van der Waals surface area contributed by atoms with E-state index in [9.17, 15) is 10.2 Å². The van der Waals surface area contributed by atoms with Crippen LogP contribution in [-0.2, 0) is 0 Å². The number of hydrogen-bond donors (Lipinski definition) is 2. The second-order valence-electron chi connectivity index (χ2n) is 11.8. The molecule has 208 valence electrons. The van der Waals surface area contributed by atoms with Gasteiger partial charge in [0, 0.05) is 5.92 Å². The molecule has 2 aliphatic rings. The van der Waals surface area contributed by atoms with Crippen molar-refractivity contribution in [1.29, 1.82) is 0 Å². The maximum Gasteiger partial charge on any atom is 0.161 e. The minimum Gasteiger partial charge on any atom is -0.508 e. The molecule has 0 spiro atoms. The predicted molar refractivity (Wildman–Crippen MR) is 158 cm³/mol. The van der Waals surface area contributed by atoms with Crippen LogP contribution in [0.4, 0.5) is 0 Å². The molecule has 0 radical (unpaired) electrons. The van der Waals surface area contributed by atoms with E-state index in [4.69, 9.17) is 9.47 Å². The normalized spacial score (nSPS) is 16.9. The standard InChI is InChI=1S/C35H44O4/c1-22-17-31(36)29(24-11-7-5-8-12-24)20-27(22)35(26-15-16-33(38-3)34(19-26)39-4)28-21-30(32(37)18-23(28)2)25-13-9-6-10-14-25/h15-21,24-25,35-37H,5-14H2,1-4H3. The number of hydrogen-bond acceptors (Lipinski definition) is 4. The van der Waals surface area contributed by atoms with Gasteiger partial charge in [-0.3, -0.25) is 0 Å². The topological polar surface area (TPSA) is 58.9 Å². The molecule has 2 aliphatic carbocycles. The fourth-order valence-electron chi connectivity index (χ4n) is 7.12. The first-order valence-corrected chi connectivity index (χ1v) is 14.8. The van der Waals surface area contributed by atoms with Gasteiger partial charge in [0.25, 0.3) is 0 Å². The molecule has 3 aromatic rings. The van der Waals surface area contributed by atoms with Gasteiger partial charge in [0.1, 0.15) is 11.5 Å². The molecular weight excluding hydrogens is 484 g/mol. The highest BCUT2D eigenvalue weighted by atomic mass is 16.5. The first-order chi connectivity index (χ1) is 18.9. The number of rotatable bonds is 7. The maximum atomic E-state index is 11.1. The third-order valence-corrected chi connectivity index (χ3v) is 9.28. The minimum atomic E-state index is -0.0734. The van der Waals surface area contributed by atoms with Crippen molar-refractivity contribution >= 4 is 0 Å². The van der Waals surface area contributed by atoms with Crippen molar-refractivity contribution in [3.8, 4) is 23.0 Å². The number of aryl methyl sites for hydroxylation is 2. The van der Waals surface area contributed by atoms with E-state index >= 15 is 0 Å². The second-order valence-corrected chi connectivity index (χ2v) is 11.8. The van der Waals surface area contributed by atoms with Crippen LogP contribution in [0.3, 0.4) is 0 Å². The fourth-order valence-corrected chi connectivity index (χ4v) is 7.12. The van der Waals surface area contributed by atoms with Gasteiger partial charge in [-0.05, 0) is 115 Å². The summed E-state index contributed by atoms with van der Waals surface area (Å²) in [7, 11) is 3.34. The van der Waals surface area contributed by atoms with Crippen LogP contribution in [0.15, 0.2) is 42.5 Å². The van der Waals surface area contributed by atoms with Crippen molar-refractivity contribution in [2.45, 2.75) is 95.8 Å². The van der Waals surface area contributed by atoms with Crippen molar-refractivity contribution < 1.29 is 19.7 Å². The highest BCUT2D eigenvalue weighted by molar-refractivity contribution is 5.57. The Bertz CT molecular complexity index is 1220. The first kappa shape index (κ1) is 27.4. The zero-order chi connectivity index (χ0) is 27.5. The number of phenolic OH excluding ortho intramolecular Hbond substituents is 2. The lowest BCUT2D eigenvalue weighted by molar-refractivity contribution is 0.354. The summed E-state index contributed by atoms with van der Waals surface area (Å²) in [5, 5.41) is 22.2. The van der Waals surface area contributed by atoms with Gasteiger partial charge in [-0.1, -0.05) is 56.7 Å². The van der Waals surface area contributed by atoms with Crippen molar-refractivity contribution in [3.05, 3.63) is 81.4 Å². The van der Waals surface area contributed by atoms with Crippen molar-refractivity contribution in [1.82, 2.24) is 0 Å². The number of benzene rings is 3. The van der Waals surface area contributed by atoms with Crippen LogP contribution in [0.5, 0.6) is 23.0 Å². The largest absolute Gasteiger partial charge is 0.508 e. The van der Waals surface area contributed by atoms with Crippen LogP contribution >= 0.6 is 0 Å². The molecule has 5 rings (SSSR count). The second kappa shape index (κ2) is 11.9. The molecule has 2 saturated carbocycles. The average Bonchev–Trinajstić information content (AvgIpc) is 2.96. The van der Waals surface area contributed by atoms with E-state index in [0.717, 1.165) is 53.5 Å². The summed E-state index contributed by atoms with van der Waals surface area (Å²) in [4.78, 5) is 0. The Morgan fingerprint density at radius 1 is 0.615 bits per heavy atom. The lowest BCUT2D eigenvalue weighted by atomic mass is 9.76. The molecule has 0 aliphatic heterocycles. The van der Waals surface area contributed by atoms with E-state index in [1.165, 1.54) is 49.7 Å². The number of aromatic hydroxyl groups is 2. The van der Waals surface area contributed by atoms with Crippen molar-refractivity contribution in [2.24, 2.45) is 0 Å². The monoisotopic (exact) mass is 528 g/mol. The van der Waals surface area contributed by atoms with Crippen LogP contribution in [0, 0.1) is 13.8 Å². The molecule has 2 fully saturated rings. The molecule has 0 aromatic heterocycles. The molecule has 0 unspecified atom stereocenters. The van der Waals surface area contributed by atoms with Crippen LogP contribution in [0.2, 0.25) is 0 Å². The SMILES string of the molecule is COc1ccc(C(c2cc(C3CCCCC3)c(O)cc2C)c2cc(C3CCCCC3)c(O)cc2C)cc1OC. The van der Waals surface area contributed by atoms with E-state index in [-0.39, 0.29) is 5.92 Å². The predicted octanol–water partition coefficient (Wildman–Crippen LogP) is 9.01. The molecule has 4 nitrogen and oxygen atoms in total. The zero-order valence-corrected chi connectivity index (χ0v) is 24.1. The van der Waals surface area contributed by atoms with Crippen molar-refractivity contribution in [2.75, 3.05) is 14.2 Å². The minimum absolute atomic E-state index is 0.0734. The Hall–Kier alpha value is -3.14. The Morgan fingerprint density at radius 2 is 1.08 bits per heavy atom. The molecule has 3 aromatic carbocycles. The van der Waals surface area contributed by atoms with Crippen molar-refractivity contribution in [3.63, 3.8) is 0 Å². The van der Waals surface area contributed by atoms with Gasteiger partial charge in [0.05, 0.1) is 14.2 Å². The quantitative estimate of drug-likeness (QED) is 0.300.